The quantitative estimate of drug-likeness (QED) is 0.915. The van der Waals surface area contributed by atoms with Gasteiger partial charge in [-0.15, -0.1) is 10.2 Å². The first-order valence-corrected chi connectivity index (χ1v) is 8.29. The van der Waals surface area contributed by atoms with E-state index in [1.807, 2.05) is 37.3 Å². The second-order valence-corrected chi connectivity index (χ2v) is 5.97. The van der Waals surface area contributed by atoms with Crippen molar-refractivity contribution in [1.29, 1.82) is 0 Å². The van der Waals surface area contributed by atoms with Crippen molar-refractivity contribution in [2.75, 3.05) is 29.9 Å². The maximum Gasteiger partial charge on any atom is 0.263 e. The molecule has 0 spiro atoms. The van der Waals surface area contributed by atoms with Gasteiger partial charge in [-0.1, -0.05) is 17.7 Å². The highest BCUT2D eigenvalue weighted by Gasteiger charge is 2.13. The van der Waals surface area contributed by atoms with Crippen LogP contribution in [0, 0.1) is 6.92 Å². The number of amides is 1. The normalized spacial score (nSPS) is 14.3. The van der Waals surface area contributed by atoms with Crippen molar-refractivity contribution in [3.05, 3.63) is 42.0 Å². The third-order valence-electron chi connectivity index (χ3n) is 3.99. The molecular formula is C18H22N4O2. The van der Waals surface area contributed by atoms with E-state index in [9.17, 15) is 4.79 Å². The van der Waals surface area contributed by atoms with Gasteiger partial charge in [-0.05, 0) is 50.5 Å². The Bertz CT molecular complexity index is 664. The maximum absolute atomic E-state index is 11.9. The summed E-state index contributed by atoms with van der Waals surface area (Å²) >= 11 is 0. The number of nitrogens with zero attached hydrogens (tertiary/aromatic N) is 3. The second-order valence-electron chi connectivity index (χ2n) is 5.97. The molecule has 3 rings (SSSR count). The summed E-state index contributed by atoms with van der Waals surface area (Å²) in [5.41, 5.74) is 1.15. The third kappa shape index (κ3) is 4.44. The van der Waals surface area contributed by atoms with Gasteiger partial charge in [0, 0.05) is 13.1 Å². The maximum atomic E-state index is 11.9. The van der Waals surface area contributed by atoms with Gasteiger partial charge in [0.05, 0.1) is 0 Å². The van der Waals surface area contributed by atoms with Crippen LogP contribution < -0.4 is 15.0 Å². The largest absolute Gasteiger partial charge is 0.484 e. The zero-order valence-electron chi connectivity index (χ0n) is 13.9. The molecule has 0 aliphatic carbocycles. The van der Waals surface area contributed by atoms with Crippen LogP contribution in [0.1, 0.15) is 24.8 Å². The Morgan fingerprint density at radius 3 is 2.50 bits per heavy atom. The van der Waals surface area contributed by atoms with Crippen LogP contribution in [-0.2, 0) is 4.79 Å². The molecule has 1 aromatic carbocycles. The molecule has 1 aliphatic heterocycles. The van der Waals surface area contributed by atoms with Gasteiger partial charge in [0.2, 0.25) is 0 Å². The van der Waals surface area contributed by atoms with Crippen molar-refractivity contribution >= 4 is 17.5 Å². The van der Waals surface area contributed by atoms with Crippen molar-refractivity contribution in [3.63, 3.8) is 0 Å². The van der Waals surface area contributed by atoms with Gasteiger partial charge in [0.15, 0.2) is 18.2 Å². The topological polar surface area (TPSA) is 67.3 Å². The SMILES string of the molecule is Cc1ccc(OCC(=O)Nc2ccc(N3CCCCC3)nn2)cc1. The monoisotopic (exact) mass is 326 g/mol. The number of anilines is 2. The summed E-state index contributed by atoms with van der Waals surface area (Å²) in [6.07, 6.45) is 3.66. The van der Waals surface area contributed by atoms with Gasteiger partial charge in [-0.25, -0.2) is 0 Å². The molecule has 1 amide bonds. The van der Waals surface area contributed by atoms with Crippen LogP contribution in [-0.4, -0.2) is 35.8 Å². The molecule has 6 heteroatoms. The minimum Gasteiger partial charge on any atom is -0.484 e. The van der Waals surface area contributed by atoms with Gasteiger partial charge >= 0.3 is 0 Å². The number of carbonyl (C=O) groups is 1. The highest BCUT2D eigenvalue weighted by molar-refractivity contribution is 5.90. The van der Waals surface area contributed by atoms with Gasteiger partial charge in [-0.3, -0.25) is 4.79 Å². The number of aryl methyl sites for hydroxylation is 1. The summed E-state index contributed by atoms with van der Waals surface area (Å²) in [5, 5.41) is 11.0. The predicted molar refractivity (Wildman–Crippen MR) is 93.4 cm³/mol. The van der Waals surface area contributed by atoms with Crippen molar-refractivity contribution in [1.82, 2.24) is 10.2 Å². The van der Waals surface area contributed by atoms with E-state index in [0.29, 0.717) is 11.6 Å². The molecule has 0 bridgehead atoms. The molecule has 1 aromatic heterocycles. The average molecular weight is 326 g/mol. The summed E-state index contributed by atoms with van der Waals surface area (Å²) in [5.74, 6) is 1.72. The first-order chi connectivity index (χ1) is 11.7. The van der Waals surface area contributed by atoms with Crippen molar-refractivity contribution in [3.8, 4) is 5.75 Å². The lowest BCUT2D eigenvalue weighted by atomic mass is 10.1. The molecule has 2 aromatic rings. The Hall–Kier alpha value is -2.63. The van der Waals surface area contributed by atoms with E-state index in [4.69, 9.17) is 4.74 Å². The van der Waals surface area contributed by atoms with Crippen molar-refractivity contribution < 1.29 is 9.53 Å². The molecule has 0 saturated carbocycles. The second kappa shape index (κ2) is 7.77. The molecule has 0 atom stereocenters. The molecule has 126 valence electrons. The molecule has 6 nitrogen and oxygen atoms in total. The Balaban J connectivity index is 1.49. The molecule has 1 fully saturated rings. The summed E-state index contributed by atoms with van der Waals surface area (Å²) in [7, 11) is 0. The Labute approximate surface area is 141 Å². The van der Waals surface area contributed by atoms with Crippen LogP contribution in [0.2, 0.25) is 0 Å². The summed E-state index contributed by atoms with van der Waals surface area (Å²) in [6.45, 7) is 3.98. The highest BCUT2D eigenvalue weighted by Crippen LogP contribution is 2.17. The molecular weight excluding hydrogens is 304 g/mol. The van der Waals surface area contributed by atoms with Crippen LogP contribution in [0.3, 0.4) is 0 Å². The summed E-state index contributed by atoms with van der Waals surface area (Å²) in [6, 6.07) is 11.2. The zero-order valence-corrected chi connectivity index (χ0v) is 13.9. The van der Waals surface area contributed by atoms with Gasteiger partial charge in [0.25, 0.3) is 5.91 Å². The molecule has 1 saturated heterocycles. The number of ether oxygens (including phenoxy) is 1. The number of carbonyl (C=O) groups excluding carboxylic acids is 1. The Kier molecular flexibility index (Phi) is 5.25. The van der Waals surface area contributed by atoms with Gasteiger partial charge < -0.3 is 15.0 Å². The fourth-order valence-electron chi connectivity index (χ4n) is 2.65. The molecule has 1 aliphatic rings. The fourth-order valence-corrected chi connectivity index (χ4v) is 2.65. The number of benzene rings is 1. The third-order valence-corrected chi connectivity index (χ3v) is 3.99. The van der Waals surface area contributed by atoms with Crippen LogP contribution in [0.4, 0.5) is 11.6 Å². The Morgan fingerprint density at radius 1 is 1.08 bits per heavy atom. The first-order valence-electron chi connectivity index (χ1n) is 8.29. The molecule has 0 radical (unpaired) electrons. The number of hydrogen-bond donors (Lipinski definition) is 1. The van der Waals surface area contributed by atoms with E-state index < -0.39 is 0 Å². The Morgan fingerprint density at radius 2 is 1.83 bits per heavy atom. The van der Waals surface area contributed by atoms with Gasteiger partial charge in [0.1, 0.15) is 5.75 Å². The van der Waals surface area contributed by atoms with Crippen LogP contribution in [0.5, 0.6) is 5.75 Å². The number of hydrogen-bond acceptors (Lipinski definition) is 5. The lowest BCUT2D eigenvalue weighted by molar-refractivity contribution is -0.118. The average Bonchev–Trinajstić information content (AvgIpc) is 2.63. The highest BCUT2D eigenvalue weighted by atomic mass is 16.5. The van der Waals surface area contributed by atoms with E-state index in [1.165, 1.54) is 19.3 Å². The molecule has 1 N–H and O–H groups in total. The van der Waals surface area contributed by atoms with E-state index in [2.05, 4.69) is 20.4 Å². The molecule has 24 heavy (non-hydrogen) atoms. The standard InChI is InChI=1S/C18H22N4O2/c1-14-5-7-15(8-6-14)24-13-18(23)19-16-9-10-17(21-20-16)22-11-3-2-4-12-22/h5-10H,2-4,11-13H2,1H3,(H,19,20,23). The number of nitrogens with one attached hydrogen (secondary N) is 1. The van der Waals surface area contributed by atoms with Crippen molar-refractivity contribution in [2.24, 2.45) is 0 Å². The zero-order chi connectivity index (χ0) is 16.8. The predicted octanol–water partition coefficient (Wildman–Crippen LogP) is 2.79. The van der Waals surface area contributed by atoms with E-state index in [-0.39, 0.29) is 12.5 Å². The van der Waals surface area contributed by atoms with Gasteiger partial charge in [-0.2, -0.15) is 0 Å². The van der Waals surface area contributed by atoms with E-state index in [0.717, 1.165) is 24.5 Å². The van der Waals surface area contributed by atoms with E-state index in [1.54, 1.807) is 6.07 Å². The fraction of sp³-hybridized carbons (Fsp3) is 0.389. The number of rotatable bonds is 5. The summed E-state index contributed by atoms with van der Waals surface area (Å²) in [4.78, 5) is 14.1. The van der Waals surface area contributed by atoms with Crippen molar-refractivity contribution in [2.45, 2.75) is 26.2 Å². The molecule has 2 heterocycles. The minimum absolute atomic E-state index is 0.0569. The lowest BCUT2D eigenvalue weighted by Gasteiger charge is -2.27. The summed E-state index contributed by atoms with van der Waals surface area (Å²) < 4.78 is 5.45. The first kappa shape index (κ1) is 16.2. The van der Waals surface area contributed by atoms with Crippen LogP contribution >= 0.6 is 0 Å². The van der Waals surface area contributed by atoms with Crippen LogP contribution in [0.15, 0.2) is 36.4 Å². The minimum atomic E-state index is -0.254. The number of aromatic nitrogens is 2. The number of piperidine rings is 1. The van der Waals surface area contributed by atoms with Crippen LogP contribution in [0.25, 0.3) is 0 Å². The molecule has 0 unspecified atom stereocenters. The lowest BCUT2D eigenvalue weighted by Crippen LogP contribution is -2.30. The smallest absolute Gasteiger partial charge is 0.263 e. The van der Waals surface area contributed by atoms with E-state index >= 15 is 0 Å².